The smallest absolute Gasteiger partial charge is 0.259 e. The van der Waals surface area contributed by atoms with Crippen molar-refractivity contribution >= 4 is 28.2 Å². The van der Waals surface area contributed by atoms with E-state index in [1.54, 1.807) is 30.7 Å². The lowest BCUT2D eigenvalue weighted by Crippen LogP contribution is -2.18. The maximum atomic E-state index is 12.4. The van der Waals surface area contributed by atoms with Crippen LogP contribution in [0.1, 0.15) is 10.4 Å². The lowest BCUT2D eigenvalue weighted by molar-refractivity contribution is 0.102. The van der Waals surface area contributed by atoms with E-state index in [2.05, 4.69) is 20.7 Å². The van der Waals surface area contributed by atoms with Crippen LogP contribution in [0.3, 0.4) is 0 Å². The summed E-state index contributed by atoms with van der Waals surface area (Å²) in [6.07, 6.45) is 5.00. The van der Waals surface area contributed by atoms with Crippen LogP contribution in [-0.2, 0) is 0 Å². The lowest BCUT2D eigenvalue weighted by Gasteiger charge is -2.10. The Hall–Kier alpha value is -2.99. The molecule has 1 amide bonds. The van der Waals surface area contributed by atoms with Crippen LogP contribution in [0, 0.1) is 0 Å². The average Bonchev–Trinajstić information content (AvgIpc) is 2.55. The van der Waals surface area contributed by atoms with E-state index in [9.17, 15) is 4.79 Å². The fourth-order valence-electron chi connectivity index (χ4n) is 2.12. The molecular formula is C15H13N5O. The van der Waals surface area contributed by atoms with E-state index < -0.39 is 0 Å². The van der Waals surface area contributed by atoms with Gasteiger partial charge in [0.15, 0.2) is 5.82 Å². The average molecular weight is 279 g/mol. The fourth-order valence-corrected chi connectivity index (χ4v) is 2.12. The van der Waals surface area contributed by atoms with Crippen molar-refractivity contribution in [1.29, 1.82) is 0 Å². The number of nitrogens with one attached hydrogen (secondary N) is 2. The van der Waals surface area contributed by atoms with E-state index in [1.165, 1.54) is 0 Å². The van der Waals surface area contributed by atoms with Crippen molar-refractivity contribution in [3.05, 3.63) is 60.6 Å². The minimum absolute atomic E-state index is 0.285. The van der Waals surface area contributed by atoms with Gasteiger partial charge in [0, 0.05) is 24.0 Å². The Morgan fingerprint density at radius 1 is 1.10 bits per heavy atom. The van der Waals surface area contributed by atoms with Crippen LogP contribution in [-0.4, -0.2) is 15.9 Å². The summed E-state index contributed by atoms with van der Waals surface area (Å²) in [5.74, 6) is 5.41. The molecule has 0 aliphatic carbocycles. The zero-order chi connectivity index (χ0) is 14.7. The summed E-state index contributed by atoms with van der Waals surface area (Å²) in [5, 5.41) is 4.74. The number of nitrogen functional groups attached to an aromatic ring is 1. The SMILES string of the molecule is NNc1ncccc1C(=O)Nc1cccc2ccncc12. The Labute approximate surface area is 121 Å². The first-order chi connectivity index (χ1) is 10.3. The highest BCUT2D eigenvalue weighted by molar-refractivity contribution is 6.11. The first kappa shape index (κ1) is 13.0. The van der Waals surface area contributed by atoms with Crippen LogP contribution in [0.2, 0.25) is 0 Å². The monoisotopic (exact) mass is 279 g/mol. The number of nitrogens with two attached hydrogens (primary N) is 1. The second-order valence-corrected chi connectivity index (χ2v) is 4.40. The van der Waals surface area contributed by atoms with Crippen molar-refractivity contribution in [2.45, 2.75) is 0 Å². The molecule has 0 aliphatic rings. The van der Waals surface area contributed by atoms with Crippen molar-refractivity contribution in [2.75, 3.05) is 10.7 Å². The van der Waals surface area contributed by atoms with Gasteiger partial charge in [-0.05, 0) is 29.7 Å². The van der Waals surface area contributed by atoms with E-state index in [4.69, 9.17) is 5.84 Å². The lowest BCUT2D eigenvalue weighted by atomic mass is 10.1. The maximum absolute atomic E-state index is 12.4. The molecule has 3 aromatic rings. The van der Waals surface area contributed by atoms with Crippen LogP contribution in [0.5, 0.6) is 0 Å². The number of pyridine rings is 2. The summed E-state index contributed by atoms with van der Waals surface area (Å²) in [6, 6.07) is 10.9. The number of nitrogens with zero attached hydrogens (tertiary/aromatic N) is 2. The number of rotatable bonds is 3. The van der Waals surface area contributed by atoms with Crippen molar-refractivity contribution in [3.8, 4) is 0 Å². The number of carbonyl (C=O) groups excluding carboxylic acids is 1. The predicted octanol–water partition coefficient (Wildman–Crippen LogP) is 2.17. The van der Waals surface area contributed by atoms with Crippen LogP contribution in [0.25, 0.3) is 10.8 Å². The van der Waals surface area contributed by atoms with Crippen LogP contribution in [0.15, 0.2) is 55.0 Å². The molecule has 2 aromatic heterocycles. The third-order valence-electron chi connectivity index (χ3n) is 3.12. The number of anilines is 2. The molecule has 1 aromatic carbocycles. The number of hydrazine groups is 1. The van der Waals surface area contributed by atoms with Gasteiger partial charge in [-0.1, -0.05) is 12.1 Å². The van der Waals surface area contributed by atoms with Gasteiger partial charge in [-0.3, -0.25) is 9.78 Å². The summed E-state index contributed by atoms with van der Waals surface area (Å²) in [6.45, 7) is 0. The Morgan fingerprint density at radius 2 is 2.00 bits per heavy atom. The molecule has 3 rings (SSSR count). The molecule has 0 atom stereocenters. The van der Waals surface area contributed by atoms with Crippen LogP contribution in [0.4, 0.5) is 11.5 Å². The molecule has 6 nitrogen and oxygen atoms in total. The van der Waals surface area contributed by atoms with E-state index in [1.807, 2.05) is 24.3 Å². The predicted molar refractivity (Wildman–Crippen MR) is 81.7 cm³/mol. The van der Waals surface area contributed by atoms with Gasteiger partial charge in [0.25, 0.3) is 5.91 Å². The summed E-state index contributed by atoms with van der Waals surface area (Å²) in [5.41, 5.74) is 3.48. The maximum Gasteiger partial charge on any atom is 0.259 e. The molecule has 4 N–H and O–H groups in total. The van der Waals surface area contributed by atoms with Gasteiger partial charge >= 0.3 is 0 Å². The number of aromatic nitrogens is 2. The normalized spacial score (nSPS) is 10.3. The van der Waals surface area contributed by atoms with Crippen LogP contribution < -0.4 is 16.6 Å². The highest BCUT2D eigenvalue weighted by Crippen LogP contribution is 2.23. The number of hydrogen-bond donors (Lipinski definition) is 3. The third kappa shape index (κ3) is 2.52. The molecule has 0 radical (unpaired) electrons. The van der Waals surface area contributed by atoms with E-state index >= 15 is 0 Å². The molecule has 0 aliphatic heterocycles. The highest BCUT2D eigenvalue weighted by Gasteiger charge is 2.12. The zero-order valence-electron chi connectivity index (χ0n) is 11.1. The molecule has 0 fully saturated rings. The van der Waals surface area contributed by atoms with Gasteiger partial charge in [-0.2, -0.15) is 0 Å². The first-order valence-electron chi connectivity index (χ1n) is 6.35. The molecular weight excluding hydrogens is 266 g/mol. The molecule has 0 unspecified atom stereocenters. The Morgan fingerprint density at radius 3 is 2.86 bits per heavy atom. The number of carbonyl (C=O) groups is 1. The van der Waals surface area contributed by atoms with Gasteiger partial charge in [0.2, 0.25) is 0 Å². The van der Waals surface area contributed by atoms with Gasteiger partial charge in [0.1, 0.15) is 0 Å². The number of fused-ring (bicyclic) bond motifs is 1. The van der Waals surface area contributed by atoms with Crippen molar-refractivity contribution in [3.63, 3.8) is 0 Å². The zero-order valence-corrected chi connectivity index (χ0v) is 11.1. The van der Waals surface area contributed by atoms with Crippen molar-refractivity contribution in [1.82, 2.24) is 9.97 Å². The van der Waals surface area contributed by atoms with Gasteiger partial charge in [0.05, 0.1) is 11.3 Å². The number of amides is 1. The Balaban J connectivity index is 1.97. The summed E-state index contributed by atoms with van der Waals surface area (Å²) in [7, 11) is 0. The quantitative estimate of drug-likeness (QED) is 0.504. The third-order valence-corrected chi connectivity index (χ3v) is 3.12. The molecule has 104 valence electrons. The summed E-state index contributed by atoms with van der Waals surface area (Å²) >= 11 is 0. The van der Waals surface area contributed by atoms with E-state index in [-0.39, 0.29) is 5.91 Å². The molecule has 21 heavy (non-hydrogen) atoms. The van der Waals surface area contributed by atoms with E-state index in [0.29, 0.717) is 17.1 Å². The molecule has 0 bridgehead atoms. The molecule has 6 heteroatoms. The minimum Gasteiger partial charge on any atom is -0.321 e. The van der Waals surface area contributed by atoms with Crippen molar-refractivity contribution in [2.24, 2.45) is 5.84 Å². The molecule has 0 saturated carbocycles. The summed E-state index contributed by atoms with van der Waals surface area (Å²) < 4.78 is 0. The highest BCUT2D eigenvalue weighted by atomic mass is 16.1. The largest absolute Gasteiger partial charge is 0.321 e. The Kier molecular flexibility index (Phi) is 3.44. The second-order valence-electron chi connectivity index (χ2n) is 4.40. The van der Waals surface area contributed by atoms with Gasteiger partial charge in [-0.15, -0.1) is 0 Å². The molecule has 0 spiro atoms. The second kappa shape index (κ2) is 5.56. The standard InChI is InChI=1S/C15H13N5O/c16-20-14-11(4-2-7-18-14)15(21)19-13-5-1-3-10-6-8-17-9-12(10)13/h1-9H,16H2,(H,18,20)(H,19,21). The number of benzene rings is 1. The Bertz CT molecular complexity index is 797. The minimum atomic E-state index is -0.285. The van der Waals surface area contributed by atoms with Crippen molar-refractivity contribution < 1.29 is 4.79 Å². The summed E-state index contributed by atoms with van der Waals surface area (Å²) in [4.78, 5) is 20.5. The fraction of sp³-hybridized carbons (Fsp3) is 0. The van der Waals surface area contributed by atoms with Crippen LogP contribution >= 0.6 is 0 Å². The number of hydrogen-bond acceptors (Lipinski definition) is 5. The van der Waals surface area contributed by atoms with Gasteiger partial charge < -0.3 is 10.7 Å². The van der Waals surface area contributed by atoms with Gasteiger partial charge in [-0.25, -0.2) is 10.8 Å². The first-order valence-corrected chi connectivity index (χ1v) is 6.35. The molecule has 2 heterocycles. The van der Waals surface area contributed by atoms with E-state index in [0.717, 1.165) is 10.8 Å². The topological polar surface area (TPSA) is 92.9 Å². The molecule has 0 saturated heterocycles.